The zero-order chi connectivity index (χ0) is 24.8. The minimum atomic E-state index is -4.34. The van der Waals surface area contributed by atoms with Crippen LogP contribution in [0.1, 0.15) is 11.1 Å². The summed E-state index contributed by atoms with van der Waals surface area (Å²) in [4.78, 5) is -0.367. The molecule has 0 atom stereocenters. The van der Waals surface area contributed by atoms with Crippen LogP contribution < -0.4 is 10.6 Å². The largest absolute Gasteiger partial charge is 0.294 e. The molecule has 0 fully saturated rings. The van der Waals surface area contributed by atoms with Gasteiger partial charge in [0.1, 0.15) is 0 Å². The molecule has 2 N–H and O–H groups in total. The molecule has 0 bridgehead atoms. The van der Waals surface area contributed by atoms with Gasteiger partial charge in [-0.1, -0.05) is 48.5 Å². The Morgan fingerprint density at radius 3 is 1.20 bits per heavy atom. The highest BCUT2D eigenvalue weighted by atomic mass is 32.2. The third-order valence-corrected chi connectivity index (χ3v) is 12.5. The van der Waals surface area contributed by atoms with Gasteiger partial charge >= 0.3 is 0 Å². The topological polar surface area (TPSA) is 109 Å². The first-order chi connectivity index (χ1) is 16.6. The zero-order valence-electron chi connectivity index (χ0n) is 18.4. The molecule has 6 nitrogen and oxygen atoms in total. The van der Waals surface area contributed by atoms with Crippen LogP contribution in [0.3, 0.4) is 0 Å². The Labute approximate surface area is 205 Å². The maximum Gasteiger partial charge on any atom is 0.294 e. The van der Waals surface area contributed by atoms with Gasteiger partial charge in [0.25, 0.3) is 20.2 Å². The van der Waals surface area contributed by atoms with E-state index >= 15 is 0 Å². The summed E-state index contributed by atoms with van der Waals surface area (Å²) in [7, 11) is -11.0. The highest BCUT2D eigenvalue weighted by molar-refractivity contribution is 7.88. The van der Waals surface area contributed by atoms with E-state index in [2.05, 4.69) is 24.3 Å². The summed E-state index contributed by atoms with van der Waals surface area (Å²) in [5.74, 6) is 0. The smallest absolute Gasteiger partial charge is 0.282 e. The van der Waals surface area contributed by atoms with Crippen molar-refractivity contribution in [2.75, 3.05) is 0 Å². The van der Waals surface area contributed by atoms with Crippen LogP contribution >= 0.6 is 7.26 Å². The lowest BCUT2D eigenvalue weighted by Crippen LogP contribution is -2.25. The average molecular weight is 526 g/mol. The fourth-order valence-electron chi connectivity index (χ4n) is 4.80. The van der Waals surface area contributed by atoms with Crippen molar-refractivity contribution in [1.29, 1.82) is 0 Å². The maximum atomic E-state index is 11.7. The number of benzene rings is 4. The van der Waals surface area contributed by atoms with Crippen molar-refractivity contribution in [2.24, 2.45) is 0 Å². The van der Waals surface area contributed by atoms with E-state index in [0.717, 1.165) is 32.9 Å². The first kappa shape index (κ1) is 23.9. The van der Waals surface area contributed by atoms with Crippen molar-refractivity contribution < 1.29 is 25.9 Å². The summed E-state index contributed by atoms with van der Waals surface area (Å²) in [5.41, 5.74) is 4.55. The number of hydrogen-bond donors (Lipinski definition) is 2. The summed E-state index contributed by atoms with van der Waals surface area (Å²) >= 11 is 0. The van der Waals surface area contributed by atoms with Gasteiger partial charge in [0.2, 0.25) is 0 Å². The summed E-state index contributed by atoms with van der Waals surface area (Å²) in [6, 6.07) is 28.9. The Hall–Kier alpha value is -2.87. The second-order valence-electron chi connectivity index (χ2n) is 8.54. The van der Waals surface area contributed by atoms with E-state index < -0.39 is 27.5 Å². The Morgan fingerprint density at radius 2 is 0.857 bits per heavy atom. The molecule has 0 saturated heterocycles. The van der Waals surface area contributed by atoms with E-state index in [4.69, 9.17) is 0 Å². The highest BCUT2D eigenvalue weighted by Crippen LogP contribution is 2.64. The van der Waals surface area contributed by atoms with E-state index in [0.29, 0.717) is 12.3 Å². The van der Waals surface area contributed by atoms with Gasteiger partial charge in [-0.25, -0.2) is 0 Å². The van der Waals surface area contributed by atoms with Crippen LogP contribution in [0.5, 0.6) is 0 Å². The predicted octanol–water partition coefficient (Wildman–Crippen LogP) is 4.53. The van der Waals surface area contributed by atoms with E-state index in [1.165, 1.54) is 24.3 Å². The molecule has 5 rings (SSSR count). The molecule has 35 heavy (non-hydrogen) atoms. The molecule has 4 aromatic carbocycles. The van der Waals surface area contributed by atoms with Gasteiger partial charge in [-0.3, -0.25) is 9.11 Å². The molecular weight excluding hydrogens is 503 g/mol. The van der Waals surface area contributed by atoms with E-state index in [9.17, 15) is 25.9 Å². The molecule has 4 aromatic rings. The van der Waals surface area contributed by atoms with Crippen LogP contribution in [0.4, 0.5) is 0 Å². The predicted molar refractivity (Wildman–Crippen MR) is 138 cm³/mol. The number of fused-ring (bicyclic) bond motifs is 3. The van der Waals surface area contributed by atoms with Gasteiger partial charge in [0, 0.05) is 0 Å². The summed E-state index contributed by atoms with van der Waals surface area (Å²) in [5, 5.41) is 1.85. The average Bonchev–Trinajstić information content (AvgIpc) is 2.98. The van der Waals surface area contributed by atoms with Crippen molar-refractivity contribution in [1.82, 2.24) is 0 Å². The molecule has 0 aromatic heterocycles. The van der Waals surface area contributed by atoms with E-state index in [1.54, 1.807) is 24.3 Å². The second kappa shape index (κ2) is 8.66. The Balaban J connectivity index is 1.78. The molecule has 1 aliphatic rings. The summed E-state index contributed by atoms with van der Waals surface area (Å²) < 4.78 is 65.6. The lowest BCUT2D eigenvalue weighted by molar-refractivity contribution is 0.481. The molecule has 9 heteroatoms. The van der Waals surface area contributed by atoms with Crippen molar-refractivity contribution >= 4 is 38.1 Å². The van der Waals surface area contributed by atoms with Crippen LogP contribution in [-0.2, 0) is 32.6 Å². The summed E-state index contributed by atoms with van der Waals surface area (Å²) in [6.07, 6.45) is 1.35. The van der Waals surface area contributed by atoms with Gasteiger partial charge in [-0.15, -0.1) is 0 Å². The number of hydrogen-bond acceptors (Lipinski definition) is 4. The van der Waals surface area contributed by atoms with Gasteiger partial charge < -0.3 is 0 Å². The first-order valence-corrected chi connectivity index (χ1v) is 15.8. The Bertz CT molecular complexity index is 1500. The monoisotopic (exact) mass is 525 g/mol. The fourth-order valence-corrected chi connectivity index (χ4v) is 10.1. The molecule has 0 radical (unpaired) electrons. The third kappa shape index (κ3) is 4.44. The highest BCUT2D eigenvalue weighted by Gasteiger charge is 2.46. The summed E-state index contributed by atoms with van der Waals surface area (Å²) in [6.45, 7) is 0. The van der Waals surface area contributed by atoms with Crippen molar-refractivity contribution in [3.63, 3.8) is 0 Å². The minimum Gasteiger partial charge on any atom is -0.282 e. The van der Waals surface area contributed by atoms with Crippen LogP contribution in [0.25, 0.3) is 11.1 Å². The molecule has 0 aliphatic carbocycles. The van der Waals surface area contributed by atoms with Crippen LogP contribution in [-0.4, -0.2) is 25.9 Å². The third-order valence-electron chi connectivity index (χ3n) is 6.46. The van der Waals surface area contributed by atoms with Gasteiger partial charge in [-0.2, -0.15) is 16.8 Å². The van der Waals surface area contributed by atoms with Crippen molar-refractivity contribution in [3.8, 4) is 11.1 Å². The molecule has 0 amide bonds. The lowest BCUT2D eigenvalue weighted by atomic mass is 9.97. The molecule has 178 valence electrons. The molecule has 1 heterocycles. The number of rotatable bonds is 4. The maximum absolute atomic E-state index is 11.7. The molecular formula is C26H22O6PS2+. The van der Waals surface area contributed by atoms with Crippen molar-refractivity contribution in [3.05, 3.63) is 108 Å². The molecule has 0 saturated carbocycles. The first-order valence-electron chi connectivity index (χ1n) is 10.8. The van der Waals surface area contributed by atoms with Crippen LogP contribution in [0.15, 0.2) is 107 Å². The Kier molecular flexibility index (Phi) is 5.90. The van der Waals surface area contributed by atoms with Gasteiger partial charge in [0.05, 0.1) is 40.0 Å². The minimum absolute atomic E-state index is 0.184. The van der Waals surface area contributed by atoms with Crippen molar-refractivity contribution in [2.45, 2.75) is 22.1 Å². The SMILES string of the molecule is O=S(=O)(O)c1ccc([P+]2(c3ccc(S(=O)(=O)O)cc3)Cc3ccccc3-c3ccccc3C2)cc1. The second-order valence-corrected chi connectivity index (χ2v) is 15.0. The molecule has 0 unspecified atom stereocenters. The fraction of sp³-hybridized carbons (Fsp3) is 0.0769. The quantitative estimate of drug-likeness (QED) is 0.299. The molecule has 0 spiro atoms. The lowest BCUT2D eigenvalue weighted by Gasteiger charge is -2.27. The van der Waals surface area contributed by atoms with Gasteiger partial charge in [-0.05, 0) is 70.8 Å². The van der Waals surface area contributed by atoms with Crippen LogP contribution in [0.2, 0.25) is 0 Å². The van der Waals surface area contributed by atoms with E-state index in [-0.39, 0.29) is 9.79 Å². The Morgan fingerprint density at radius 1 is 0.514 bits per heavy atom. The van der Waals surface area contributed by atoms with Gasteiger partial charge in [0.15, 0.2) is 0 Å². The standard InChI is InChI=1S/C26H21O6PS2/c27-34(28,29)23-13-9-21(10-14-23)33(22-11-15-24(16-12-22)35(30,31)32)17-19-5-1-3-7-25(19)26-8-4-2-6-20(26)18-33/h1-16H,17-18H2,(H-,27,28,29,30,31,32)/p+1. The van der Waals surface area contributed by atoms with E-state index in [1.807, 2.05) is 24.3 Å². The van der Waals surface area contributed by atoms with Crippen LogP contribution in [0, 0.1) is 0 Å². The normalized spacial score (nSPS) is 15.0. The zero-order valence-corrected chi connectivity index (χ0v) is 21.0. The molecule has 1 aliphatic heterocycles.